The third kappa shape index (κ3) is 1.60. The maximum atomic E-state index is 10.2. The zero-order valence-electron chi connectivity index (χ0n) is 6.65. The van der Waals surface area contributed by atoms with E-state index in [1.54, 1.807) is 6.07 Å². The van der Waals surface area contributed by atoms with Gasteiger partial charge in [0.2, 0.25) is 0 Å². The smallest absolute Gasteiger partial charge is 0.123 e. The molecule has 64 valence electrons. The fourth-order valence-corrected chi connectivity index (χ4v) is 0.941. The van der Waals surface area contributed by atoms with E-state index in [9.17, 15) is 10.0 Å². The van der Waals surface area contributed by atoms with Gasteiger partial charge in [0.25, 0.3) is 0 Å². The number of hydrogen-bond acceptors (Lipinski definition) is 4. The Hall–Kier alpha value is -1.42. The largest absolute Gasteiger partial charge is 0.507 e. The van der Waals surface area contributed by atoms with Gasteiger partial charge in [-0.25, -0.2) is 0 Å². The molecule has 0 aliphatic rings. The zero-order valence-corrected chi connectivity index (χ0v) is 6.65. The van der Waals surface area contributed by atoms with Gasteiger partial charge in [0.15, 0.2) is 0 Å². The Morgan fingerprint density at radius 1 is 1.58 bits per heavy atom. The quantitative estimate of drug-likeness (QED) is 0.700. The molecule has 1 aromatic rings. The van der Waals surface area contributed by atoms with Crippen LogP contribution < -0.4 is 0 Å². The molecule has 4 nitrogen and oxygen atoms in total. The van der Waals surface area contributed by atoms with Crippen LogP contribution in [-0.4, -0.2) is 12.2 Å². The summed E-state index contributed by atoms with van der Waals surface area (Å²) in [6.45, 7) is 0.188. The molecular formula is C8H9NO3. The summed E-state index contributed by atoms with van der Waals surface area (Å²) in [5.74, 6) is 0.0361. The molecule has 0 unspecified atom stereocenters. The Labute approximate surface area is 69.8 Å². The van der Waals surface area contributed by atoms with Gasteiger partial charge >= 0.3 is 0 Å². The lowest BCUT2D eigenvalue weighted by Crippen LogP contribution is -1.88. The first kappa shape index (κ1) is 8.67. The Balaban J connectivity index is 3.10. The molecule has 1 aromatic carbocycles. The van der Waals surface area contributed by atoms with Crippen LogP contribution >= 0.6 is 0 Å². The number of phenolic OH excluding ortho intramolecular Hbond substituents is 1. The molecule has 0 amide bonds. The lowest BCUT2D eigenvalue weighted by Gasteiger charge is -2.03. The fraction of sp³-hybridized carbons (Fsp3) is 0.250. The highest BCUT2D eigenvalue weighted by atomic mass is 16.5. The Morgan fingerprint density at radius 3 is 2.92 bits per heavy atom. The van der Waals surface area contributed by atoms with Crippen molar-refractivity contribution in [3.63, 3.8) is 0 Å². The molecule has 12 heavy (non-hydrogen) atoms. The van der Waals surface area contributed by atoms with E-state index in [1.165, 1.54) is 19.2 Å². The summed E-state index contributed by atoms with van der Waals surface area (Å²) in [4.78, 5) is 10.2. The lowest BCUT2D eigenvalue weighted by molar-refractivity contribution is 0.182. The van der Waals surface area contributed by atoms with E-state index in [1.807, 2.05) is 0 Å². The van der Waals surface area contributed by atoms with E-state index in [0.717, 1.165) is 0 Å². The van der Waals surface area contributed by atoms with E-state index < -0.39 is 0 Å². The minimum Gasteiger partial charge on any atom is -0.507 e. The van der Waals surface area contributed by atoms with Gasteiger partial charge in [0.1, 0.15) is 11.4 Å². The number of hydrogen-bond donors (Lipinski definition) is 1. The van der Waals surface area contributed by atoms with Gasteiger partial charge in [0.05, 0.1) is 6.61 Å². The van der Waals surface area contributed by atoms with Gasteiger partial charge in [-0.2, -0.15) is 0 Å². The molecule has 1 rings (SSSR count). The predicted molar refractivity (Wildman–Crippen MR) is 44.3 cm³/mol. The molecular weight excluding hydrogens is 158 g/mol. The molecule has 0 radical (unpaired) electrons. The van der Waals surface area contributed by atoms with E-state index in [-0.39, 0.29) is 18.0 Å². The third-order valence-electron chi connectivity index (χ3n) is 1.51. The normalized spacial score (nSPS) is 9.75. The molecule has 0 saturated carbocycles. The number of ether oxygens (including phenoxy) is 1. The molecule has 4 heteroatoms. The molecule has 0 heterocycles. The van der Waals surface area contributed by atoms with Crippen molar-refractivity contribution >= 4 is 5.69 Å². The third-order valence-corrected chi connectivity index (χ3v) is 1.51. The van der Waals surface area contributed by atoms with Crippen molar-refractivity contribution in [3.05, 3.63) is 28.7 Å². The van der Waals surface area contributed by atoms with Crippen molar-refractivity contribution in [2.24, 2.45) is 5.18 Å². The summed E-state index contributed by atoms with van der Waals surface area (Å²) in [5, 5.41) is 12.0. The van der Waals surface area contributed by atoms with Gasteiger partial charge in [0, 0.05) is 12.7 Å². The number of rotatable bonds is 3. The summed E-state index contributed by atoms with van der Waals surface area (Å²) < 4.78 is 4.79. The van der Waals surface area contributed by atoms with Crippen molar-refractivity contribution in [3.8, 4) is 5.75 Å². The molecule has 0 fully saturated rings. The van der Waals surface area contributed by atoms with Crippen LogP contribution in [0.2, 0.25) is 0 Å². The van der Waals surface area contributed by atoms with Crippen molar-refractivity contribution in [1.82, 2.24) is 0 Å². The minimum atomic E-state index is 0.0361. The number of nitrogens with zero attached hydrogens (tertiary/aromatic N) is 1. The van der Waals surface area contributed by atoms with Crippen molar-refractivity contribution < 1.29 is 9.84 Å². The Bertz CT molecular complexity index is 286. The van der Waals surface area contributed by atoms with E-state index >= 15 is 0 Å². The Morgan fingerprint density at radius 2 is 2.33 bits per heavy atom. The van der Waals surface area contributed by atoms with Gasteiger partial charge in [-0.1, -0.05) is 6.07 Å². The summed E-state index contributed by atoms with van der Waals surface area (Å²) in [7, 11) is 1.49. The van der Waals surface area contributed by atoms with Gasteiger partial charge in [-0.05, 0) is 17.3 Å². The molecule has 0 bridgehead atoms. The molecule has 0 spiro atoms. The summed E-state index contributed by atoms with van der Waals surface area (Å²) in [6.07, 6.45) is 0. The van der Waals surface area contributed by atoms with E-state index in [0.29, 0.717) is 5.56 Å². The number of benzene rings is 1. The van der Waals surface area contributed by atoms with Crippen LogP contribution in [0.3, 0.4) is 0 Å². The summed E-state index contributed by atoms with van der Waals surface area (Å²) in [5.41, 5.74) is 0.645. The van der Waals surface area contributed by atoms with Crippen LogP contribution in [0.25, 0.3) is 0 Å². The molecule has 0 aliphatic heterocycles. The van der Waals surface area contributed by atoms with Gasteiger partial charge < -0.3 is 9.84 Å². The van der Waals surface area contributed by atoms with Gasteiger partial charge in [-0.15, -0.1) is 4.91 Å². The lowest BCUT2D eigenvalue weighted by atomic mass is 10.2. The van der Waals surface area contributed by atoms with Crippen LogP contribution in [0.4, 0.5) is 5.69 Å². The second-order valence-electron chi connectivity index (χ2n) is 2.30. The van der Waals surface area contributed by atoms with Crippen LogP contribution in [0.15, 0.2) is 23.4 Å². The van der Waals surface area contributed by atoms with Crippen LogP contribution in [0, 0.1) is 4.91 Å². The molecule has 0 atom stereocenters. The zero-order chi connectivity index (χ0) is 8.97. The topological polar surface area (TPSA) is 58.9 Å². The first-order chi connectivity index (χ1) is 5.79. The van der Waals surface area contributed by atoms with E-state index in [2.05, 4.69) is 5.18 Å². The maximum Gasteiger partial charge on any atom is 0.123 e. The van der Waals surface area contributed by atoms with Crippen LogP contribution in [0.1, 0.15) is 5.56 Å². The van der Waals surface area contributed by atoms with Crippen molar-refractivity contribution in [1.29, 1.82) is 0 Å². The SMILES string of the molecule is COCc1c(O)cccc1N=O. The second-order valence-corrected chi connectivity index (χ2v) is 2.30. The van der Waals surface area contributed by atoms with Crippen molar-refractivity contribution in [2.45, 2.75) is 6.61 Å². The van der Waals surface area contributed by atoms with Crippen molar-refractivity contribution in [2.75, 3.05) is 7.11 Å². The maximum absolute atomic E-state index is 10.2. The van der Waals surface area contributed by atoms with Crippen LogP contribution in [0.5, 0.6) is 5.75 Å². The average molecular weight is 167 g/mol. The predicted octanol–water partition coefficient (Wildman–Crippen LogP) is 1.94. The first-order valence-electron chi connectivity index (χ1n) is 3.42. The molecule has 0 aromatic heterocycles. The summed E-state index contributed by atoms with van der Waals surface area (Å²) >= 11 is 0. The highest BCUT2D eigenvalue weighted by Gasteiger charge is 2.06. The standard InChI is InChI=1S/C8H9NO3/c1-12-5-6-7(9-11)3-2-4-8(6)10/h2-4,10H,5H2,1H3. The number of methoxy groups -OCH3 is 1. The monoisotopic (exact) mass is 167 g/mol. The Kier molecular flexibility index (Phi) is 2.76. The fourth-order valence-electron chi connectivity index (χ4n) is 0.941. The number of nitroso groups, excluding NO2 is 1. The number of phenols is 1. The molecule has 0 saturated heterocycles. The average Bonchev–Trinajstić information content (AvgIpc) is 2.09. The van der Waals surface area contributed by atoms with Crippen LogP contribution in [-0.2, 0) is 11.3 Å². The molecule has 1 N–H and O–H groups in total. The second kappa shape index (κ2) is 3.82. The first-order valence-corrected chi connectivity index (χ1v) is 3.42. The highest BCUT2D eigenvalue weighted by Crippen LogP contribution is 2.27. The highest BCUT2D eigenvalue weighted by molar-refractivity contribution is 5.52. The molecule has 0 aliphatic carbocycles. The number of aromatic hydroxyl groups is 1. The van der Waals surface area contributed by atoms with Gasteiger partial charge in [-0.3, -0.25) is 0 Å². The summed E-state index contributed by atoms with van der Waals surface area (Å²) in [6, 6.07) is 4.58. The van der Waals surface area contributed by atoms with E-state index in [4.69, 9.17) is 4.74 Å². The minimum absolute atomic E-state index is 0.0361.